The van der Waals surface area contributed by atoms with Crippen LogP contribution in [0, 0.1) is 5.82 Å². The number of nitrogens with one attached hydrogen (secondary N) is 1. The van der Waals surface area contributed by atoms with E-state index in [1.807, 2.05) is 34.0 Å². The van der Waals surface area contributed by atoms with E-state index < -0.39 is 28.0 Å². The minimum Gasteiger partial charge on any atom is -0.598 e. The third-order valence-corrected chi connectivity index (χ3v) is 6.76. The average Bonchev–Trinajstić information content (AvgIpc) is 3.01. The lowest BCUT2D eigenvalue weighted by atomic mass is 10.0. The molecule has 2 aromatic heterocycles. The number of hydrogen-bond acceptors (Lipinski definition) is 5. The number of aryl methyl sites for hydroxylation is 2. The fourth-order valence-corrected chi connectivity index (χ4v) is 4.39. The highest BCUT2D eigenvalue weighted by Crippen LogP contribution is 2.30. The largest absolute Gasteiger partial charge is 0.598 e. The van der Waals surface area contributed by atoms with Gasteiger partial charge in [-0.25, -0.2) is 9.37 Å². The summed E-state index contributed by atoms with van der Waals surface area (Å²) in [6.07, 6.45) is 2.47. The maximum absolute atomic E-state index is 14.4. The number of aromatic nitrogens is 4. The van der Waals surface area contributed by atoms with Crippen molar-refractivity contribution in [3.63, 3.8) is 0 Å². The molecule has 1 unspecified atom stereocenters. The highest BCUT2D eigenvalue weighted by Gasteiger charge is 2.30. The van der Waals surface area contributed by atoms with Gasteiger partial charge in [-0.3, -0.25) is 14.0 Å². The number of hydrogen-bond donors (Lipinski definition) is 1. The van der Waals surface area contributed by atoms with Crippen LogP contribution in [0.25, 0.3) is 22.3 Å². The first-order chi connectivity index (χ1) is 13.6. The van der Waals surface area contributed by atoms with Crippen molar-refractivity contribution in [1.82, 2.24) is 24.1 Å². The number of halogens is 1. The quantitative estimate of drug-likeness (QED) is 0.662. The average molecular weight is 418 g/mol. The van der Waals surface area contributed by atoms with Crippen molar-refractivity contribution >= 4 is 22.3 Å². The fraction of sp³-hybridized carbons (Fsp3) is 0.450. The number of benzene rings is 1. The van der Waals surface area contributed by atoms with Gasteiger partial charge in [-0.15, -0.1) is 4.72 Å². The van der Waals surface area contributed by atoms with Gasteiger partial charge in [0.25, 0.3) is 5.56 Å². The van der Waals surface area contributed by atoms with Gasteiger partial charge in [-0.1, -0.05) is 0 Å². The van der Waals surface area contributed by atoms with E-state index in [4.69, 9.17) is 4.98 Å². The summed E-state index contributed by atoms with van der Waals surface area (Å²) >= 11 is -1.35. The van der Waals surface area contributed by atoms with Crippen molar-refractivity contribution < 1.29 is 8.94 Å². The highest BCUT2D eigenvalue weighted by atomic mass is 32.2. The number of rotatable bonds is 3. The van der Waals surface area contributed by atoms with Crippen LogP contribution in [0.5, 0.6) is 0 Å². The predicted octanol–water partition coefficient (Wildman–Crippen LogP) is 2.61. The van der Waals surface area contributed by atoms with Crippen molar-refractivity contribution in [2.45, 2.75) is 51.4 Å². The van der Waals surface area contributed by atoms with Crippen LogP contribution in [0.15, 0.2) is 23.1 Å². The number of fused-ring (bicyclic) bond motifs is 4. The van der Waals surface area contributed by atoms with Gasteiger partial charge in [0.2, 0.25) is 0 Å². The Morgan fingerprint density at radius 1 is 1.34 bits per heavy atom. The van der Waals surface area contributed by atoms with E-state index in [0.717, 1.165) is 11.3 Å². The smallest absolute Gasteiger partial charge is 0.261 e. The van der Waals surface area contributed by atoms with Crippen LogP contribution in [-0.4, -0.2) is 28.6 Å². The zero-order chi connectivity index (χ0) is 21.1. The molecule has 0 amide bonds. The van der Waals surface area contributed by atoms with Crippen LogP contribution in [-0.2, 0) is 31.4 Å². The molecule has 0 aliphatic carbocycles. The van der Waals surface area contributed by atoms with E-state index in [2.05, 4.69) is 9.82 Å². The molecule has 1 N–H and O–H groups in total. The molecule has 0 spiro atoms. The molecule has 3 aromatic rings. The molecule has 2 atom stereocenters. The first-order valence-electron chi connectivity index (χ1n) is 9.51. The molecule has 0 saturated carbocycles. The molecule has 4 rings (SSSR count). The lowest BCUT2D eigenvalue weighted by Gasteiger charge is -2.27. The highest BCUT2D eigenvalue weighted by molar-refractivity contribution is 7.90. The summed E-state index contributed by atoms with van der Waals surface area (Å²) in [5.74, 6) is 0.0221. The van der Waals surface area contributed by atoms with Gasteiger partial charge in [0.1, 0.15) is 16.4 Å². The molecule has 0 saturated heterocycles. The first-order valence-corrected chi connectivity index (χ1v) is 10.7. The molecular formula is C20H24FN5O2S. The van der Waals surface area contributed by atoms with Crippen LogP contribution in [0.1, 0.15) is 45.0 Å². The molecule has 1 aromatic carbocycles. The minimum absolute atomic E-state index is 0.228. The van der Waals surface area contributed by atoms with Gasteiger partial charge in [0.15, 0.2) is 0 Å². The zero-order valence-corrected chi connectivity index (χ0v) is 17.9. The summed E-state index contributed by atoms with van der Waals surface area (Å²) in [4.78, 5) is 17.9. The molecule has 3 heterocycles. The summed E-state index contributed by atoms with van der Waals surface area (Å²) < 4.78 is 32.8. The Morgan fingerprint density at radius 3 is 2.76 bits per heavy atom. The summed E-state index contributed by atoms with van der Waals surface area (Å²) in [5, 5.41) is 4.67. The predicted molar refractivity (Wildman–Crippen MR) is 111 cm³/mol. The van der Waals surface area contributed by atoms with E-state index in [-0.39, 0.29) is 10.9 Å². The Morgan fingerprint density at radius 2 is 2.07 bits per heavy atom. The second kappa shape index (κ2) is 6.93. The molecule has 0 radical (unpaired) electrons. The van der Waals surface area contributed by atoms with Crippen molar-refractivity contribution in [2.75, 3.05) is 0 Å². The monoisotopic (exact) mass is 417 g/mol. The molecule has 154 valence electrons. The van der Waals surface area contributed by atoms with E-state index in [1.165, 1.54) is 12.1 Å². The van der Waals surface area contributed by atoms with Crippen LogP contribution in [0.2, 0.25) is 0 Å². The van der Waals surface area contributed by atoms with Gasteiger partial charge in [0.05, 0.1) is 28.2 Å². The van der Waals surface area contributed by atoms with Gasteiger partial charge in [-0.2, -0.15) is 5.10 Å². The Hall–Kier alpha value is -2.23. The second-order valence-electron chi connectivity index (χ2n) is 8.42. The molecule has 1 aliphatic heterocycles. The fourth-order valence-electron chi connectivity index (χ4n) is 3.58. The molecule has 0 fully saturated rings. The molecule has 1 aliphatic rings. The lowest BCUT2D eigenvalue weighted by Crippen LogP contribution is -2.40. The Kier molecular flexibility index (Phi) is 4.79. The first kappa shape index (κ1) is 20.1. The van der Waals surface area contributed by atoms with E-state index in [0.29, 0.717) is 29.9 Å². The SMILES string of the molecule is C[C@@H](N[S+]([O-])C(C)(C)C)c1cc(F)cc2c(=O)n3c(nc12)-c1cn(C)nc1CC3. The van der Waals surface area contributed by atoms with Gasteiger partial charge >= 0.3 is 0 Å². The Labute approximate surface area is 171 Å². The molecular weight excluding hydrogens is 393 g/mol. The van der Waals surface area contributed by atoms with Gasteiger partial charge < -0.3 is 4.55 Å². The van der Waals surface area contributed by atoms with Gasteiger partial charge in [0, 0.05) is 43.1 Å². The van der Waals surface area contributed by atoms with Crippen molar-refractivity contribution in [3.05, 3.63) is 45.8 Å². The third-order valence-electron chi connectivity index (χ3n) is 5.08. The summed E-state index contributed by atoms with van der Waals surface area (Å²) in [6, 6.07) is 2.13. The maximum Gasteiger partial charge on any atom is 0.261 e. The third kappa shape index (κ3) is 3.47. The maximum atomic E-state index is 14.4. The topological polar surface area (TPSA) is 87.8 Å². The minimum atomic E-state index is -1.35. The van der Waals surface area contributed by atoms with E-state index in [9.17, 15) is 13.7 Å². The standard InChI is InChI=1S/C20H24FN5O2S/c1-11(24-29(28)20(2,3)4)13-8-12(21)9-14-17(13)22-18-15-10-25(5)23-16(15)6-7-26(18)19(14)27/h8-11,24H,6-7H2,1-5H3/t11-,29?/m1/s1. The molecule has 7 nitrogen and oxygen atoms in total. The van der Waals surface area contributed by atoms with Gasteiger partial charge in [-0.05, 0) is 39.8 Å². The van der Waals surface area contributed by atoms with Crippen LogP contribution in [0.3, 0.4) is 0 Å². The number of nitrogens with zero attached hydrogens (tertiary/aromatic N) is 4. The Balaban J connectivity index is 1.91. The van der Waals surface area contributed by atoms with Crippen molar-refractivity contribution in [1.29, 1.82) is 0 Å². The molecule has 9 heteroatoms. The van der Waals surface area contributed by atoms with E-state index >= 15 is 0 Å². The molecule has 29 heavy (non-hydrogen) atoms. The van der Waals surface area contributed by atoms with E-state index in [1.54, 1.807) is 16.2 Å². The second-order valence-corrected chi connectivity index (χ2v) is 10.4. The Bertz CT molecular complexity index is 1160. The van der Waals surface area contributed by atoms with Crippen LogP contribution in [0.4, 0.5) is 4.39 Å². The van der Waals surface area contributed by atoms with Crippen LogP contribution >= 0.6 is 0 Å². The van der Waals surface area contributed by atoms with Crippen LogP contribution < -0.4 is 10.3 Å². The van der Waals surface area contributed by atoms with Crippen molar-refractivity contribution in [2.24, 2.45) is 7.05 Å². The summed E-state index contributed by atoms with van der Waals surface area (Å²) in [6.45, 7) is 7.83. The zero-order valence-electron chi connectivity index (χ0n) is 17.1. The summed E-state index contributed by atoms with van der Waals surface area (Å²) in [5.41, 5.74) is 2.36. The normalized spacial score (nSPS) is 15.8. The summed E-state index contributed by atoms with van der Waals surface area (Å²) in [7, 11) is 1.83. The lowest BCUT2D eigenvalue weighted by molar-refractivity contribution is 0.530. The molecule has 0 bridgehead atoms. The van der Waals surface area contributed by atoms with Crippen molar-refractivity contribution in [3.8, 4) is 11.4 Å².